The van der Waals surface area contributed by atoms with Crippen LogP contribution in [0.15, 0.2) is 29.1 Å². The van der Waals surface area contributed by atoms with E-state index >= 15 is 0 Å². The van der Waals surface area contributed by atoms with E-state index in [1.54, 1.807) is 11.6 Å². The Balaban J connectivity index is 2.61. The molecule has 5 nitrogen and oxygen atoms in total. The Kier molecular flexibility index (Phi) is 3.50. The first kappa shape index (κ1) is 12.4. The van der Waals surface area contributed by atoms with Crippen molar-refractivity contribution in [3.8, 4) is 0 Å². The van der Waals surface area contributed by atoms with Crippen molar-refractivity contribution in [2.24, 2.45) is 0 Å². The number of carbonyl (C=O) groups excluding carboxylic acids is 1. The second kappa shape index (κ2) is 5.08. The summed E-state index contributed by atoms with van der Waals surface area (Å²) in [4.78, 5) is 23.7. The van der Waals surface area contributed by atoms with E-state index in [2.05, 4.69) is 5.32 Å². The van der Waals surface area contributed by atoms with Crippen LogP contribution in [0.2, 0.25) is 0 Å². The first-order valence-electron chi connectivity index (χ1n) is 6.07. The minimum atomic E-state index is -0.170. The van der Waals surface area contributed by atoms with Gasteiger partial charge in [0.1, 0.15) is 6.54 Å². The van der Waals surface area contributed by atoms with Gasteiger partial charge in [0.2, 0.25) is 5.91 Å². The van der Waals surface area contributed by atoms with Crippen LogP contribution < -0.4 is 11.0 Å². The molecule has 1 N–H and O–H groups in total. The molecule has 1 aromatic carbocycles. The lowest BCUT2D eigenvalue weighted by molar-refractivity contribution is -0.121. The molecule has 1 amide bonds. The van der Waals surface area contributed by atoms with E-state index in [1.807, 2.05) is 31.2 Å². The van der Waals surface area contributed by atoms with Gasteiger partial charge in [-0.2, -0.15) is 0 Å². The number of fused-ring (bicyclic) bond motifs is 1. The molecule has 0 fully saturated rings. The molecule has 0 atom stereocenters. The molecule has 0 radical (unpaired) electrons. The quantitative estimate of drug-likeness (QED) is 0.875. The predicted octanol–water partition coefficient (Wildman–Crippen LogP) is 0.959. The van der Waals surface area contributed by atoms with Gasteiger partial charge in [0, 0.05) is 13.6 Å². The van der Waals surface area contributed by atoms with E-state index in [9.17, 15) is 9.59 Å². The zero-order valence-corrected chi connectivity index (χ0v) is 10.6. The fourth-order valence-electron chi connectivity index (χ4n) is 2.09. The summed E-state index contributed by atoms with van der Waals surface area (Å²) in [5, 5.41) is 2.54. The molecule has 0 saturated heterocycles. The van der Waals surface area contributed by atoms with Crippen LogP contribution >= 0.6 is 0 Å². The number of benzene rings is 1. The lowest BCUT2D eigenvalue weighted by Crippen LogP contribution is -2.31. The van der Waals surface area contributed by atoms with Crippen molar-refractivity contribution < 1.29 is 4.79 Å². The number of imidazole rings is 1. The summed E-state index contributed by atoms with van der Waals surface area (Å²) < 4.78 is 3.24. The minimum Gasteiger partial charge on any atom is -0.358 e. The molecule has 0 unspecified atom stereocenters. The Morgan fingerprint density at radius 2 is 1.83 bits per heavy atom. The maximum absolute atomic E-state index is 12.3. The number of likely N-dealkylation sites (N-methyl/N-ethyl adjacent to an activating group) is 1. The number of nitrogens with one attached hydrogen (secondary N) is 1. The van der Waals surface area contributed by atoms with Crippen LogP contribution in [0.3, 0.4) is 0 Å². The van der Waals surface area contributed by atoms with E-state index in [4.69, 9.17) is 0 Å². The molecular weight excluding hydrogens is 230 g/mol. The highest BCUT2D eigenvalue weighted by Gasteiger charge is 2.13. The molecular formula is C13H17N3O2. The normalized spacial score (nSPS) is 10.8. The lowest BCUT2D eigenvalue weighted by Gasteiger charge is -2.01. The van der Waals surface area contributed by atoms with Crippen molar-refractivity contribution in [1.29, 1.82) is 0 Å². The van der Waals surface area contributed by atoms with Crippen LogP contribution in [0.4, 0.5) is 0 Å². The van der Waals surface area contributed by atoms with E-state index in [0.717, 1.165) is 17.5 Å². The second-order valence-corrected chi connectivity index (χ2v) is 4.18. The third kappa shape index (κ3) is 2.03. The first-order chi connectivity index (χ1) is 8.69. The first-order valence-corrected chi connectivity index (χ1v) is 6.07. The van der Waals surface area contributed by atoms with Crippen molar-refractivity contribution >= 4 is 16.9 Å². The summed E-state index contributed by atoms with van der Waals surface area (Å²) >= 11 is 0. The largest absolute Gasteiger partial charge is 0.358 e. The highest BCUT2D eigenvalue weighted by Crippen LogP contribution is 2.12. The number of aryl methyl sites for hydroxylation is 1. The van der Waals surface area contributed by atoms with E-state index < -0.39 is 0 Å². The van der Waals surface area contributed by atoms with Crippen LogP contribution in [0.1, 0.15) is 13.3 Å². The number of amides is 1. The highest BCUT2D eigenvalue weighted by atomic mass is 16.2. The SMILES string of the molecule is CCCn1c(=O)n(CC(=O)NC)c2ccccc21. The van der Waals surface area contributed by atoms with Crippen LogP contribution in [-0.2, 0) is 17.9 Å². The molecule has 0 aliphatic heterocycles. The van der Waals surface area contributed by atoms with E-state index in [0.29, 0.717) is 6.54 Å². The maximum Gasteiger partial charge on any atom is 0.329 e. The van der Waals surface area contributed by atoms with Crippen LogP contribution in [0.5, 0.6) is 0 Å². The van der Waals surface area contributed by atoms with Crippen molar-refractivity contribution in [3.05, 3.63) is 34.7 Å². The highest BCUT2D eigenvalue weighted by molar-refractivity contribution is 5.80. The second-order valence-electron chi connectivity index (χ2n) is 4.18. The number of rotatable bonds is 4. The number of nitrogens with zero attached hydrogens (tertiary/aromatic N) is 2. The maximum atomic E-state index is 12.3. The number of hydrogen-bond donors (Lipinski definition) is 1. The molecule has 2 aromatic rings. The molecule has 0 aliphatic carbocycles. The minimum absolute atomic E-state index is 0.0621. The Hall–Kier alpha value is -2.04. The average molecular weight is 247 g/mol. The summed E-state index contributed by atoms with van der Waals surface area (Å²) in [7, 11) is 1.57. The molecule has 96 valence electrons. The van der Waals surface area contributed by atoms with Gasteiger partial charge in [0.15, 0.2) is 0 Å². The number of para-hydroxylation sites is 2. The van der Waals surface area contributed by atoms with Gasteiger partial charge in [-0.15, -0.1) is 0 Å². The molecule has 0 bridgehead atoms. The van der Waals surface area contributed by atoms with Crippen LogP contribution in [-0.4, -0.2) is 22.1 Å². The summed E-state index contributed by atoms with van der Waals surface area (Å²) in [5.41, 5.74) is 1.56. The van der Waals surface area contributed by atoms with Gasteiger partial charge in [0.05, 0.1) is 11.0 Å². The Morgan fingerprint density at radius 3 is 2.39 bits per heavy atom. The monoisotopic (exact) mass is 247 g/mol. The average Bonchev–Trinajstić information content (AvgIpc) is 2.65. The molecule has 1 heterocycles. The molecule has 2 rings (SSSR count). The predicted molar refractivity (Wildman–Crippen MR) is 70.6 cm³/mol. The third-order valence-electron chi connectivity index (χ3n) is 2.95. The molecule has 0 spiro atoms. The smallest absolute Gasteiger partial charge is 0.329 e. The van der Waals surface area contributed by atoms with Gasteiger partial charge >= 0.3 is 5.69 Å². The van der Waals surface area contributed by atoms with Gasteiger partial charge in [-0.3, -0.25) is 13.9 Å². The molecule has 0 aliphatic rings. The Bertz CT molecular complexity index is 625. The van der Waals surface area contributed by atoms with Gasteiger partial charge in [-0.05, 0) is 18.6 Å². The lowest BCUT2D eigenvalue weighted by atomic mass is 10.3. The summed E-state index contributed by atoms with van der Waals surface area (Å²) in [6.45, 7) is 2.75. The van der Waals surface area contributed by atoms with Crippen LogP contribution in [0.25, 0.3) is 11.0 Å². The molecule has 5 heteroatoms. The zero-order valence-electron chi connectivity index (χ0n) is 10.6. The summed E-state index contributed by atoms with van der Waals surface area (Å²) in [6.07, 6.45) is 0.883. The van der Waals surface area contributed by atoms with E-state index in [1.165, 1.54) is 4.57 Å². The number of aromatic nitrogens is 2. The molecule has 18 heavy (non-hydrogen) atoms. The zero-order chi connectivity index (χ0) is 13.1. The topological polar surface area (TPSA) is 56.0 Å². The molecule has 1 aromatic heterocycles. The van der Waals surface area contributed by atoms with Crippen molar-refractivity contribution in [2.75, 3.05) is 7.05 Å². The summed E-state index contributed by atoms with van der Waals surface area (Å²) in [6, 6.07) is 7.55. The Morgan fingerprint density at radius 1 is 1.22 bits per heavy atom. The molecule has 0 saturated carbocycles. The van der Waals surface area contributed by atoms with Gasteiger partial charge in [-0.25, -0.2) is 4.79 Å². The summed E-state index contributed by atoms with van der Waals surface area (Å²) in [5.74, 6) is -0.170. The van der Waals surface area contributed by atoms with Crippen molar-refractivity contribution in [1.82, 2.24) is 14.5 Å². The van der Waals surface area contributed by atoms with E-state index in [-0.39, 0.29) is 18.1 Å². The van der Waals surface area contributed by atoms with Gasteiger partial charge in [-0.1, -0.05) is 19.1 Å². The number of carbonyl (C=O) groups is 1. The van der Waals surface area contributed by atoms with Crippen molar-refractivity contribution in [3.63, 3.8) is 0 Å². The van der Waals surface area contributed by atoms with Crippen molar-refractivity contribution in [2.45, 2.75) is 26.4 Å². The Labute approximate surface area is 105 Å². The standard InChI is InChI=1S/C13H17N3O2/c1-3-8-15-10-6-4-5-7-11(10)16(13(15)18)9-12(17)14-2/h4-7H,3,8-9H2,1-2H3,(H,14,17). The fourth-order valence-corrected chi connectivity index (χ4v) is 2.09. The van der Waals surface area contributed by atoms with Gasteiger partial charge in [0.25, 0.3) is 0 Å². The number of hydrogen-bond acceptors (Lipinski definition) is 2. The fraction of sp³-hybridized carbons (Fsp3) is 0.385. The third-order valence-corrected chi connectivity index (χ3v) is 2.95. The van der Waals surface area contributed by atoms with Crippen LogP contribution in [0, 0.1) is 0 Å². The van der Waals surface area contributed by atoms with Gasteiger partial charge < -0.3 is 5.32 Å².